The third-order valence-corrected chi connectivity index (χ3v) is 6.79. The molecular formula is C23H34ClIN6O. The quantitative estimate of drug-likeness (QED) is 0.328. The van der Waals surface area contributed by atoms with Gasteiger partial charge in [-0.05, 0) is 49.9 Å². The lowest BCUT2D eigenvalue weighted by Gasteiger charge is -2.39. The smallest absolute Gasteiger partial charge is 0.239 e. The molecule has 2 aliphatic heterocycles. The Labute approximate surface area is 212 Å². The second-order valence-corrected chi connectivity index (χ2v) is 8.90. The SMILES string of the molecule is CN=C(NCCc1c[nH]c2ccc(Cl)cc12)N1CCN(C(C)C(=O)N2CCCC2)CC1.I. The molecule has 2 fully saturated rings. The summed E-state index contributed by atoms with van der Waals surface area (Å²) < 4.78 is 0. The van der Waals surface area contributed by atoms with Gasteiger partial charge in [-0.3, -0.25) is 14.7 Å². The highest BCUT2D eigenvalue weighted by Crippen LogP contribution is 2.22. The van der Waals surface area contributed by atoms with Gasteiger partial charge in [-0.15, -0.1) is 24.0 Å². The van der Waals surface area contributed by atoms with E-state index in [9.17, 15) is 4.79 Å². The van der Waals surface area contributed by atoms with Crippen molar-refractivity contribution in [3.63, 3.8) is 0 Å². The van der Waals surface area contributed by atoms with Gasteiger partial charge in [0.05, 0.1) is 6.04 Å². The van der Waals surface area contributed by atoms with Crippen LogP contribution in [0.4, 0.5) is 0 Å². The fraction of sp³-hybridized carbons (Fsp3) is 0.565. The molecule has 0 aliphatic carbocycles. The molecule has 1 aromatic heterocycles. The first-order chi connectivity index (χ1) is 15.1. The highest BCUT2D eigenvalue weighted by Gasteiger charge is 2.30. The zero-order valence-electron chi connectivity index (χ0n) is 18.9. The molecule has 1 atom stereocenters. The van der Waals surface area contributed by atoms with Crippen LogP contribution in [0.25, 0.3) is 10.9 Å². The van der Waals surface area contributed by atoms with E-state index in [1.807, 2.05) is 30.1 Å². The number of rotatable bonds is 5. The van der Waals surface area contributed by atoms with Gasteiger partial charge in [0.1, 0.15) is 0 Å². The molecule has 176 valence electrons. The van der Waals surface area contributed by atoms with E-state index in [0.29, 0.717) is 0 Å². The second kappa shape index (κ2) is 11.6. The van der Waals surface area contributed by atoms with Crippen molar-refractivity contribution in [2.75, 3.05) is 52.9 Å². The standard InChI is InChI=1S/C23H33ClN6O.HI/c1-17(22(31)29-9-3-4-10-29)28-11-13-30(14-12-28)23(25-2)26-8-7-18-16-27-21-6-5-19(24)15-20(18)21;/h5-6,15-17,27H,3-4,7-14H2,1-2H3,(H,25,26);1H. The summed E-state index contributed by atoms with van der Waals surface area (Å²) in [6.45, 7) is 8.20. The number of amides is 1. The van der Waals surface area contributed by atoms with Gasteiger partial charge < -0.3 is 20.1 Å². The van der Waals surface area contributed by atoms with Crippen molar-refractivity contribution in [2.24, 2.45) is 4.99 Å². The van der Waals surface area contributed by atoms with Crippen LogP contribution >= 0.6 is 35.6 Å². The topological polar surface area (TPSA) is 67.0 Å². The predicted molar refractivity (Wildman–Crippen MR) is 142 cm³/mol. The maximum absolute atomic E-state index is 12.7. The van der Waals surface area contributed by atoms with Crippen LogP contribution in [0.3, 0.4) is 0 Å². The molecule has 32 heavy (non-hydrogen) atoms. The minimum Gasteiger partial charge on any atom is -0.361 e. The molecule has 3 heterocycles. The molecule has 2 aromatic rings. The van der Waals surface area contributed by atoms with Gasteiger partial charge in [0.15, 0.2) is 5.96 Å². The van der Waals surface area contributed by atoms with Crippen molar-refractivity contribution >= 4 is 58.3 Å². The number of aromatic nitrogens is 1. The van der Waals surface area contributed by atoms with Crippen molar-refractivity contribution in [1.29, 1.82) is 0 Å². The summed E-state index contributed by atoms with van der Waals surface area (Å²) in [5.41, 5.74) is 2.36. The number of aromatic amines is 1. The van der Waals surface area contributed by atoms with E-state index in [1.165, 1.54) is 10.9 Å². The van der Waals surface area contributed by atoms with Crippen molar-refractivity contribution in [3.8, 4) is 0 Å². The Bertz CT molecular complexity index is 934. The Hall–Kier alpha value is -1.52. The summed E-state index contributed by atoms with van der Waals surface area (Å²) in [5, 5.41) is 5.44. The Balaban J connectivity index is 0.00000289. The zero-order valence-corrected chi connectivity index (χ0v) is 22.0. The average Bonchev–Trinajstić information content (AvgIpc) is 3.46. The number of likely N-dealkylation sites (tertiary alicyclic amines) is 1. The van der Waals surface area contributed by atoms with E-state index < -0.39 is 0 Å². The molecule has 7 nitrogen and oxygen atoms in total. The maximum atomic E-state index is 12.7. The normalized spacial score (nSPS) is 18.7. The lowest BCUT2D eigenvalue weighted by molar-refractivity contribution is -0.135. The average molecular weight is 573 g/mol. The summed E-state index contributed by atoms with van der Waals surface area (Å²) in [7, 11) is 1.83. The van der Waals surface area contributed by atoms with Gasteiger partial charge in [-0.2, -0.15) is 0 Å². The van der Waals surface area contributed by atoms with E-state index in [-0.39, 0.29) is 35.9 Å². The van der Waals surface area contributed by atoms with Crippen LogP contribution in [0.15, 0.2) is 29.4 Å². The van der Waals surface area contributed by atoms with Gasteiger partial charge in [0, 0.05) is 75.0 Å². The molecular weight excluding hydrogens is 539 g/mol. The Morgan fingerprint density at radius 3 is 2.56 bits per heavy atom. The fourth-order valence-corrected chi connectivity index (χ4v) is 4.85. The summed E-state index contributed by atoms with van der Waals surface area (Å²) in [6.07, 6.45) is 5.23. The number of hydrogen-bond acceptors (Lipinski definition) is 3. The summed E-state index contributed by atoms with van der Waals surface area (Å²) >= 11 is 6.16. The lowest BCUT2D eigenvalue weighted by Crippen LogP contribution is -2.57. The molecule has 2 N–H and O–H groups in total. The van der Waals surface area contributed by atoms with Crippen LogP contribution in [0.5, 0.6) is 0 Å². The van der Waals surface area contributed by atoms with Gasteiger partial charge in [0.25, 0.3) is 0 Å². The van der Waals surface area contributed by atoms with Crippen molar-refractivity contribution < 1.29 is 4.79 Å². The Morgan fingerprint density at radius 1 is 1.16 bits per heavy atom. The minimum atomic E-state index is -0.0380. The Kier molecular flexibility index (Phi) is 9.07. The number of benzene rings is 1. The molecule has 4 rings (SSSR count). The molecule has 1 unspecified atom stereocenters. The van der Waals surface area contributed by atoms with E-state index in [1.54, 1.807) is 0 Å². The fourth-order valence-electron chi connectivity index (χ4n) is 4.68. The lowest BCUT2D eigenvalue weighted by atomic mass is 10.1. The van der Waals surface area contributed by atoms with Crippen molar-refractivity contribution in [2.45, 2.75) is 32.2 Å². The third kappa shape index (κ3) is 5.69. The van der Waals surface area contributed by atoms with Crippen LogP contribution in [0, 0.1) is 0 Å². The second-order valence-electron chi connectivity index (χ2n) is 8.46. The number of carbonyl (C=O) groups excluding carboxylic acids is 1. The highest BCUT2D eigenvalue weighted by atomic mass is 127. The van der Waals surface area contributed by atoms with Crippen LogP contribution < -0.4 is 5.32 Å². The first-order valence-electron chi connectivity index (χ1n) is 11.3. The molecule has 0 bridgehead atoms. The van der Waals surface area contributed by atoms with Crippen LogP contribution in [0.2, 0.25) is 5.02 Å². The summed E-state index contributed by atoms with van der Waals surface area (Å²) in [5.74, 6) is 1.21. The van der Waals surface area contributed by atoms with E-state index in [4.69, 9.17) is 11.6 Å². The van der Waals surface area contributed by atoms with Gasteiger partial charge in [-0.1, -0.05) is 11.6 Å². The van der Waals surface area contributed by atoms with Crippen molar-refractivity contribution in [1.82, 2.24) is 25.0 Å². The van der Waals surface area contributed by atoms with Crippen LogP contribution in [0.1, 0.15) is 25.3 Å². The Morgan fingerprint density at radius 2 is 1.88 bits per heavy atom. The van der Waals surface area contributed by atoms with Crippen molar-refractivity contribution in [3.05, 3.63) is 35.0 Å². The van der Waals surface area contributed by atoms with Gasteiger partial charge in [0.2, 0.25) is 5.91 Å². The highest BCUT2D eigenvalue weighted by molar-refractivity contribution is 14.0. The molecule has 2 saturated heterocycles. The largest absolute Gasteiger partial charge is 0.361 e. The van der Waals surface area contributed by atoms with Gasteiger partial charge in [-0.25, -0.2) is 0 Å². The molecule has 0 radical (unpaired) electrons. The minimum absolute atomic E-state index is 0. The number of guanidine groups is 1. The molecule has 1 aromatic carbocycles. The van der Waals surface area contributed by atoms with Crippen LogP contribution in [-0.4, -0.2) is 90.5 Å². The molecule has 1 amide bonds. The zero-order chi connectivity index (χ0) is 21.8. The van der Waals surface area contributed by atoms with E-state index >= 15 is 0 Å². The van der Waals surface area contributed by atoms with E-state index in [2.05, 4.69) is 38.2 Å². The summed E-state index contributed by atoms with van der Waals surface area (Å²) in [6, 6.07) is 5.90. The number of carbonyl (C=O) groups is 1. The number of aliphatic imine (C=N–C) groups is 1. The maximum Gasteiger partial charge on any atom is 0.239 e. The first kappa shape index (κ1) is 25.1. The molecule has 0 spiro atoms. The number of H-pyrrole nitrogens is 1. The molecule has 0 saturated carbocycles. The third-order valence-electron chi connectivity index (χ3n) is 6.56. The number of nitrogens with zero attached hydrogens (tertiary/aromatic N) is 4. The van der Waals surface area contributed by atoms with Gasteiger partial charge >= 0.3 is 0 Å². The number of hydrogen-bond donors (Lipinski definition) is 2. The number of halogens is 2. The summed E-state index contributed by atoms with van der Waals surface area (Å²) in [4.78, 5) is 27.1. The number of nitrogens with one attached hydrogen (secondary N) is 2. The molecule has 2 aliphatic rings. The first-order valence-corrected chi connectivity index (χ1v) is 11.7. The van der Waals surface area contributed by atoms with Crippen LogP contribution in [-0.2, 0) is 11.2 Å². The van der Waals surface area contributed by atoms with E-state index in [0.717, 1.165) is 81.6 Å². The monoisotopic (exact) mass is 572 g/mol. The predicted octanol–water partition coefficient (Wildman–Crippen LogP) is 3.19. The number of fused-ring (bicyclic) bond motifs is 1. The number of piperazine rings is 1. The molecule has 9 heteroatoms.